The zero-order chi connectivity index (χ0) is 22.7. The van der Waals surface area contributed by atoms with Crippen LogP contribution in [0.3, 0.4) is 0 Å². The van der Waals surface area contributed by atoms with E-state index in [1.807, 2.05) is 43.3 Å². The van der Waals surface area contributed by atoms with Crippen molar-refractivity contribution in [1.82, 2.24) is 5.32 Å². The number of amides is 1. The molecule has 0 heterocycles. The Morgan fingerprint density at radius 2 is 1.58 bits per heavy atom. The Morgan fingerprint density at radius 1 is 0.968 bits per heavy atom. The first kappa shape index (κ1) is 24.9. The van der Waals surface area contributed by atoms with Crippen molar-refractivity contribution in [2.45, 2.75) is 17.1 Å². The zero-order valence-electron chi connectivity index (χ0n) is 16.9. The first-order chi connectivity index (χ1) is 14.7. The van der Waals surface area contributed by atoms with Crippen LogP contribution >= 0.6 is 34.8 Å². The van der Waals surface area contributed by atoms with Crippen LogP contribution in [-0.2, 0) is 9.47 Å². The van der Waals surface area contributed by atoms with Gasteiger partial charge in [0, 0.05) is 17.5 Å². The van der Waals surface area contributed by atoms with E-state index < -0.39 is 21.3 Å². The van der Waals surface area contributed by atoms with E-state index >= 15 is 0 Å². The van der Waals surface area contributed by atoms with Gasteiger partial charge in [-0.05, 0) is 37.6 Å². The fraction of sp³-hybridized carbons (Fsp3) is 0.304. The van der Waals surface area contributed by atoms with E-state index in [0.29, 0.717) is 12.0 Å². The van der Waals surface area contributed by atoms with Gasteiger partial charge in [-0.3, -0.25) is 0 Å². The molecule has 0 spiro atoms. The van der Waals surface area contributed by atoms with Crippen LogP contribution < -0.4 is 5.32 Å². The van der Waals surface area contributed by atoms with Gasteiger partial charge in [0.2, 0.25) is 3.79 Å². The number of nitrogens with one attached hydrogen (secondary N) is 1. The third-order valence-electron chi connectivity index (χ3n) is 4.17. The number of hydrogen-bond acceptors (Lipinski definition) is 4. The maximum absolute atomic E-state index is 12.2. The summed E-state index contributed by atoms with van der Waals surface area (Å²) in [5.74, 6) is 5.83. The lowest BCUT2D eigenvalue weighted by Crippen LogP contribution is -2.37. The molecule has 0 aliphatic carbocycles. The highest BCUT2D eigenvalue weighted by molar-refractivity contribution is 6.67. The van der Waals surface area contributed by atoms with Crippen molar-refractivity contribution in [3.05, 3.63) is 71.8 Å². The quantitative estimate of drug-likeness (QED) is 0.326. The third kappa shape index (κ3) is 9.97. The zero-order valence-corrected chi connectivity index (χ0v) is 19.1. The van der Waals surface area contributed by atoms with Crippen LogP contribution in [0.1, 0.15) is 29.3 Å². The lowest BCUT2D eigenvalue weighted by molar-refractivity contribution is 0.0469. The number of alkyl halides is 3. The number of alkyl carbamates (subject to hydrolysis) is 1. The first-order valence-corrected chi connectivity index (χ1v) is 10.6. The molecule has 5 nitrogen and oxygen atoms in total. The summed E-state index contributed by atoms with van der Waals surface area (Å²) in [6.45, 7) is 1.74. The summed E-state index contributed by atoms with van der Waals surface area (Å²) in [7, 11) is 0. The van der Waals surface area contributed by atoms with Crippen molar-refractivity contribution in [3.63, 3.8) is 0 Å². The molecule has 0 unspecified atom stereocenters. The van der Waals surface area contributed by atoms with Gasteiger partial charge >= 0.3 is 12.1 Å². The molecule has 1 amide bonds. The molecule has 31 heavy (non-hydrogen) atoms. The van der Waals surface area contributed by atoms with Crippen LogP contribution in [0.4, 0.5) is 4.79 Å². The number of hydrogen-bond donors (Lipinski definition) is 1. The van der Waals surface area contributed by atoms with E-state index in [1.165, 1.54) is 0 Å². The predicted molar refractivity (Wildman–Crippen MR) is 122 cm³/mol. The van der Waals surface area contributed by atoms with E-state index in [-0.39, 0.29) is 19.8 Å². The molecular weight excluding hydrogens is 461 g/mol. The standard InChI is InChI=1S/C23H22Cl3NO4/c1-22(13-12-18-8-4-2-5-9-18,16-27-21(29)31-17-23(24,25)26)14-15-30-20(28)19-10-6-3-7-11-19/h2-11H,14-17H2,1H3,(H,27,29)/t22-/m0/s1. The Balaban J connectivity index is 2.00. The molecule has 164 valence electrons. The van der Waals surface area contributed by atoms with Crippen LogP contribution in [0, 0.1) is 17.3 Å². The SMILES string of the molecule is C[C@](C#Cc1ccccc1)(CCOC(=O)c1ccccc1)CNC(=O)OCC(Cl)(Cl)Cl. The Kier molecular flexibility index (Phi) is 9.51. The highest BCUT2D eigenvalue weighted by Crippen LogP contribution is 2.26. The lowest BCUT2D eigenvalue weighted by atomic mass is 9.87. The van der Waals surface area contributed by atoms with Gasteiger partial charge < -0.3 is 14.8 Å². The Labute approximate surface area is 197 Å². The number of carbonyl (C=O) groups excluding carboxylic acids is 2. The largest absolute Gasteiger partial charge is 0.462 e. The summed E-state index contributed by atoms with van der Waals surface area (Å²) in [6, 6.07) is 18.1. The van der Waals surface area contributed by atoms with Crippen LogP contribution in [0.5, 0.6) is 0 Å². The molecule has 2 aromatic carbocycles. The summed E-state index contributed by atoms with van der Waals surface area (Å²) in [5, 5.41) is 2.62. The molecule has 0 bridgehead atoms. The Hall–Kier alpha value is -2.39. The topological polar surface area (TPSA) is 64.6 Å². The number of carbonyl (C=O) groups is 2. The number of esters is 1. The second-order valence-electron chi connectivity index (χ2n) is 6.97. The third-order valence-corrected chi connectivity index (χ3v) is 4.50. The average Bonchev–Trinajstić information content (AvgIpc) is 2.76. The van der Waals surface area contributed by atoms with E-state index in [0.717, 1.165) is 5.56 Å². The number of halogens is 3. The fourth-order valence-electron chi connectivity index (χ4n) is 2.43. The van der Waals surface area contributed by atoms with Crippen molar-refractivity contribution in [3.8, 4) is 11.8 Å². The molecule has 8 heteroatoms. The Bertz CT molecular complexity index is 921. The van der Waals surface area contributed by atoms with Gasteiger partial charge in [0.05, 0.1) is 12.2 Å². The lowest BCUT2D eigenvalue weighted by Gasteiger charge is -2.24. The molecule has 1 N–H and O–H groups in total. The van der Waals surface area contributed by atoms with Gasteiger partial charge in [-0.2, -0.15) is 0 Å². The van der Waals surface area contributed by atoms with Crippen molar-refractivity contribution in [2.24, 2.45) is 5.41 Å². The summed E-state index contributed by atoms with van der Waals surface area (Å²) in [4.78, 5) is 24.1. The predicted octanol–water partition coefficient (Wildman–Crippen LogP) is 5.39. The minimum Gasteiger partial charge on any atom is -0.462 e. The van der Waals surface area contributed by atoms with E-state index in [2.05, 4.69) is 17.2 Å². The van der Waals surface area contributed by atoms with Gasteiger partial charge in [0.25, 0.3) is 0 Å². The number of benzene rings is 2. The highest BCUT2D eigenvalue weighted by atomic mass is 35.6. The number of rotatable bonds is 7. The Morgan fingerprint density at radius 3 is 2.19 bits per heavy atom. The van der Waals surface area contributed by atoms with Gasteiger partial charge in [0.15, 0.2) is 0 Å². The van der Waals surface area contributed by atoms with Crippen molar-refractivity contribution >= 4 is 46.9 Å². The molecule has 0 aliphatic heterocycles. The summed E-state index contributed by atoms with van der Waals surface area (Å²) in [5.41, 5.74) is 0.591. The van der Waals surface area contributed by atoms with E-state index in [4.69, 9.17) is 44.3 Å². The smallest absolute Gasteiger partial charge is 0.407 e. The summed E-state index contributed by atoms with van der Waals surface area (Å²) in [6.07, 6.45) is -0.351. The fourth-order valence-corrected chi connectivity index (χ4v) is 2.60. The number of ether oxygens (including phenoxy) is 2. The highest BCUT2D eigenvalue weighted by Gasteiger charge is 2.26. The molecule has 0 aliphatic rings. The monoisotopic (exact) mass is 481 g/mol. The molecule has 2 aromatic rings. The molecule has 1 atom stereocenters. The van der Waals surface area contributed by atoms with Crippen LogP contribution in [-0.4, -0.2) is 35.6 Å². The molecule has 0 aromatic heterocycles. The minimum absolute atomic E-state index is 0.124. The minimum atomic E-state index is -1.70. The van der Waals surface area contributed by atoms with Crippen LogP contribution in [0.25, 0.3) is 0 Å². The first-order valence-electron chi connectivity index (χ1n) is 9.45. The van der Waals surface area contributed by atoms with E-state index in [1.54, 1.807) is 24.3 Å². The van der Waals surface area contributed by atoms with Crippen molar-refractivity contribution < 1.29 is 19.1 Å². The molecule has 0 radical (unpaired) electrons. The molecule has 0 saturated heterocycles. The summed E-state index contributed by atoms with van der Waals surface area (Å²) >= 11 is 16.8. The van der Waals surface area contributed by atoms with E-state index in [9.17, 15) is 9.59 Å². The van der Waals surface area contributed by atoms with Gasteiger partial charge in [-0.25, -0.2) is 9.59 Å². The molecule has 0 saturated carbocycles. The van der Waals surface area contributed by atoms with Gasteiger partial charge in [0.1, 0.15) is 6.61 Å². The van der Waals surface area contributed by atoms with Gasteiger partial charge in [-0.15, -0.1) is 0 Å². The van der Waals surface area contributed by atoms with Crippen molar-refractivity contribution in [2.75, 3.05) is 19.8 Å². The van der Waals surface area contributed by atoms with Gasteiger partial charge in [-0.1, -0.05) is 83.0 Å². The molecule has 2 rings (SSSR count). The molecule has 0 fully saturated rings. The summed E-state index contributed by atoms with van der Waals surface area (Å²) < 4.78 is 8.56. The average molecular weight is 483 g/mol. The second kappa shape index (κ2) is 11.9. The van der Waals surface area contributed by atoms with Crippen LogP contribution in [0.2, 0.25) is 0 Å². The second-order valence-corrected chi connectivity index (χ2v) is 9.49. The van der Waals surface area contributed by atoms with Crippen LogP contribution in [0.15, 0.2) is 60.7 Å². The molecular formula is C23H22Cl3NO4. The maximum atomic E-state index is 12.2. The maximum Gasteiger partial charge on any atom is 0.407 e. The normalized spacial score (nSPS) is 12.6. The van der Waals surface area contributed by atoms with Crippen molar-refractivity contribution in [1.29, 1.82) is 0 Å².